The third-order valence-electron chi connectivity index (χ3n) is 2.61. The van der Waals surface area contributed by atoms with Crippen molar-refractivity contribution in [1.29, 1.82) is 0 Å². The Kier molecular flexibility index (Phi) is 4.99. The molecule has 4 nitrogen and oxygen atoms in total. The van der Waals surface area contributed by atoms with Crippen molar-refractivity contribution in [2.45, 2.75) is 32.4 Å². The zero-order chi connectivity index (χ0) is 13.8. The van der Waals surface area contributed by atoms with Crippen molar-refractivity contribution >= 4 is 0 Å². The average Bonchev–Trinajstić information content (AvgIpc) is 2.29. The van der Waals surface area contributed by atoms with E-state index in [9.17, 15) is 0 Å². The standard InChI is InChI=1S/C14H23NO3/c1-14(2,15)8-11-12(17-4)6-10(9-16-3)7-13(11)18-5/h6-7H,8-9,15H2,1-5H3. The Balaban J connectivity index is 3.21. The van der Waals surface area contributed by atoms with Gasteiger partial charge >= 0.3 is 0 Å². The molecule has 0 saturated carbocycles. The molecule has 1 aromatic rings. The van der Waals surface area contributed by atoms with Gasteiger partial charge in [0.1, 0.15) is 11.5 Å². The second-order valence-electron chi connectivity index (χ2n) is 5.08. The van der Waals surface area contributed by atoms with Crippen molar-refractivity contribution in [2.24, 2.45) is 5.73 Å². The van der Waals surface area contributed by atoms with Crippen LogP contribution in [-0.2, 0) is 17.8 Å². The highest BCUT2D eigenvalue weighted by Gasteiger charge is 2.20. The number of methoxy groups -OCH3 is 3. The van der Waals surface area contributed by atoms with E-state index in [4.69, 9.17) is 19.9 Å². The lowest BCUT2D eigenvalue weighted by atomic mass is 9.94. The number of benzene rings is 1. The van der Waals surface area contributed by atoms with Crippen molar-refractivity contribution in [1.82, 2.24) is 0 Å². The summed E-state index contributed by atoms with van der Waals surface area (Å²) in [4.78, 5) is 0. The summed E-state index contributed by atoms with van der Waals surface area (Å²) in [7, 11) is 4.96. The predicted molar refractivity (Wildman–Crippen MR) is 72.2 cm³/mol. The van der Waals surface area contributed by atoms with Crippen LogP contribution in [0.5, 0.6) is 11.5 Å². The van der Waals surface area contributed by atoms with E-state index in [1.807, 2.05) is 26.0 Å². The van der Waals surface area contributed by atoms with E-state index in [0.717, 1.165) is 22.6 Å². The highest BCUT2D eigenvalue weighted by atomic mass is 16.5. The van der Waals surface area contributed by atoms with E-state index in [2.05, 4.69) is 0 Å². The van der Waals surface area contributed by atoms with Gasteiger partial charge < -0.3 is 19.9 Å². The Morgan fingerprint density at radius 3 is 1.89 bits per heavy atom. The zero-order valence-corrected chi connectivity index (χ0v) is 11.9. The highest BCUT2D eigenvalue weighted by molar-refractivity contribution is 5.48. The van der Waals surface area contributed by atoms with Crippen molar-refractivity contribution in [3.8, 4) is 11.5 Å². The van der Waals surface area contributed by atoms with Crippen LogP contribution in [0.25, 0.3) is 0 Å². The summed E-state index contributed by atoms with van der Waals surface area (Å²) in [5.41, 5.74) is 7.77. The lowest BCUT2D eigenvalue weighted by Gasteiger charge is -2.22. The minimum Gasteiger partial charge on any atom is -0.496 e. The third kappa shape index (κ3) is 3.89. The molecule has 0 atom stereocenters. The van der Waals surface area contributed by atoms with Crippen LogP contribution in [-0.4, -0.2) is 26.9 Å². The minimum atomic E-state index is -0.316. The maximum atomic E-state index is 6.08. The van der Waals surface area contributed by atoms with Crippen molar-refractivity contribution in [3.05, 3.63) is 23.3 Å². The molecule has 0 aliphatic carbocycles. The van der Waals surface area contributed by atoms with Gasteiger partial charge in [0.05, 0.1) is 20.8 Å². The molecule has 0 amide bonds. The number of hydrogen-bond acceptors (Lipinski definition) is 4. The fraction of sp³-hybridized carbons (Fsp3) is 0.571. The van der Waals surface area contributed by atoms with Gasteiger partial charge in [-0.15, -0.1) is 0 Å². The summed E-state index contributed by atoms with van der Waals surface area (Å²) in [6.45, 7) is 4.49. The lowest BCUT2D eigenvalue weighted by molar-refractivity contribution is 0.184. The summed E-state index contributed by atoms with van der Waals surface area (Å²) < 4.78 is 16.0. The Bertz CT molecular complexity index is 372. The summed E-state index contributed by atoms with van der Waals surface area (Å²) in [6.07, 6.45) is 0.687. The molecule has 0 aliphatic rings. The van der Waals surface area contributed by atoms with Crippen molar-refractivity contribution < 1.29 is 14.2 Å². The fourth-order valence-electron chi connectivity index (χ4n) is 1.92. The molecule has 1 aromatic carbocycles. The first kappa shape index (κ1) is 14.8. The largest absolute Gasteiger partial charge is 0.496 e. The van der Waals surface area contributed by atoms with Crippen LogP contribution < -0.4 is 15.2 Å². The Labute approximate surface area is 109 Å². The molecule has 0 radical (unpaired) electrons. The van der Waals surface area contributed by atoms with Gasteiger partial charge in [0.15, 0.2) is 0 Å². The van der Waals surface area contributed by atoms with Crippen LogP contribution in [0.1, 0.15) is 25.0 Å². The predicted octanol–water partition coefficient (Wildman–Crippen LogP) is 2.13. The van der Waals surface area contributed by atoms with E-state index in [0.29, 0.717) is 13.0 Å². The van der Waals surface area contributed by atoms with E-state index in [-0.39, 0.29) is 5.54 Å². The maximum Gasteiger partial charge on any atom is 0.126 e. The van der Waals surface area contributed by atoms with Gasteiger partial charge in [0.25, 0.3) is 0 Å². The van der Waals surface area contributed by atoms with Gasteiger partial charge in [-0.1, -0.05) is 0 Å². The molecule has 0 bridgehead atoms. The lowest BCUT2D eigenvalue weighted by Crippen LogP contribution is -2.34. The van der Waals surface area contributed by atoms with Gasteiger partial charge in [-0.05, 0) is 38.0 Å². The molecule has 0 aliphatic heterocycles. The molecule has 18 heavy (non-hydrogen) atoms. The van der Waals surface area contributed by atoms with Crippen molar-refractivity contribution in [2.75, 3.05) is 21.3 Å². The second kappa shape index (κ2) is 6.07. The van der Waals surface area contributed by atoms with E-state index >= 15 is 0 Å². The number of ether oxygens (including phenoxy) is 3. The van der Waals surface area contributed by atoms with Crippen LogP contribution >= 0.6 is 0 Å². The van der Waals surface area contributed by atoms with Crippen LogP contribution in [0.4, 0.5) is 0 Å². The summed E-state index contributed by atoms with van der Waals surface area (Å²) in [6, 6.07) is 3.93. The summed E-state index contributed by atoms with van der Waals surface area (Å²) in [5, 5.41) is 0. The van der Waals surface area contributed by atoms with E-state index in [1.165, 1.54) is 0 Å². The van der Waals surface area contributed by atoms with E-state index in [1.54, 1.807) is 21.3 Å². The fourth-order valence-corrected chi connectivity index (χ4v) is 1.92. The molecule has 0 heterocycles. The maximum absolute atomic E-state index is 6.08. The Morgan fingerprint density at radius 2 is 1.56 bits per heavy atom. The third-order valence-corrected chi connectivity index (χ3v) is 2.61. The molecule has 102 valence electrons. The van der Waals surface area contributed by atoms with Crippen LogP contribution in [0, 0.1) is 0 Å². The quantitative estimate of drug-likeness (QED) is 0.844. The zero-order valence-electron chi connectivity index (χ0n) is 11.9. The second-order valence-corrected chi connectivity index (χ2v) is 5.08. The highest BCUT2D eigenvalue weighted by Crippen LogP contribution is 2.33. The van der Waals surface area contributed by atoms with Gasteiger partial charge in [-0.25, -0.2) is 0 Å². The molecule has 1 rings (SSSR count). The molecule has 0 fully saturated rings. The minimum absolute atomic E-state index is 0.316. The molecule has 4 heteroatoms. The van der Waals surface area contributed by atoms with Crippen LogP contribution in [0.3, 0.4) is 0 Å². The molecule has 0 spiro atoms. The molecule has 2 N–H and O–H groups in total. The number of rotatable bonds is 6. The topological polar surface area (TPSA) is 53.7 Å². The normalized spacial score (nSPS) is 11.4. The van der Waals surface area contributed by atoms with Gasteiger partial charge in [0.2, 0.25) is 0 Å². The monoisotopic (exact) mass is 253 g/mol. The number of hydrogen-bond donors (Lipinski definition) is 1. The van der Waals surface area contributed by atoms with Crippen LogP contribution in [0.15, 0.2) is 12.1 Å². The van der Waals surface area contributed by atoms with E-state index < -0.39 is 0 Å². The first-order chi connectivity index (χ1) is 8.41. The Morgan fingerprint density at radius 1 is 1.06 bits per heavy atom. The molecule has 0 unspecified atom stereocenters. The molecular weight excluding hydrogens is 230 g/mol. The average molecular weight is 253 g/mol. The Hall–Kier alpha value is -1.26. The number of nitrogens with two attached hydrogens (primary N) is 1. The molecular formula is C14H23NO3. The first-order valence-corrected chi connectivity index (χ1v) is 5.93. The van der Waals surface area contributed by atoms with Gasteiger partial charge in [-0.2, -0.15) is 0 Å². The van der Waals surface area contributed by atoms with Crippen molar-refractivity contribution in [3.63, 3.8) is 0 Å². The van der Waals surface area contributed by atoms with Gasteiger partial charge in [-0.3, -0.25) is 0 Å². The van der Waals surface area contributed by atoms with Crippen LogP contribution in [0.2, 0.25) is 0 Å². The smallest absolute Gasteiger partial charge is 0.126 e. The summed E-state index contributed by atoms with van der Waals surface area (Å²) in [5.74, 6) is 1.58. The van der Waals surface area contributed by atoms with Gasteiger partial charge in [0, 0.05) is 18.2 Å². The first-order valence-electron chi connectivity index (χ1n) is 5.93. The molecule has 0 saturated heterocycles. The summed E-state index contributed by atoms with van der Waals surface area (Å²) >= 11 is 0. The molecule has 0 aromatic heterocycles. The SMILES string of the molecule is COCc1cc(OC)c(CC(C)(C)N)c(OC)c1.